The molecular formula is C11H12NS+. The molecule has 0 radical (unpaired) electrons. The average molecular weight is 190 g/mol. The number of fused-ring (bicyclic) bond motifs is 1. The van der Waals surface area contributed by atoms with Gasteiger partial charge in [-0.3, -0.25) is 0 Å². The van der Waals surface area contributed by atoms with Crippen LogP contribution in [0.15, 0.2) is 41.9 Å². The molecular weight excluding hydrogens is 178 g/mol. The van der Waals surface area contributed by atoms with Gasteiger partial charge in [0.25, 0.3) is 0 Å². The summed E-state index contributed by atoms with van der Waals surface area (Å²) in [5.74, 6) is 0. The van der Waals surface area contributed by atoms with Gasteiger partial charge in [0.1, 0.15) is 4.70 Å². The Morgan fingerprint density at radius 3 is 3.08 bits per heavy atom. The van der Waals surface area contributed by atoms with Crippen LogP contribution in [0.25, 0.3) is 10.2 Å². The maximum absolute atomic E-state index is 2.26. The van der Waals surface area contributed by atoms with Crippen molar-refractivity contribution < 1.29 is 4.57 Å². The number of hydrogen-bond donors (Lipinski definition) is 0. The van der Waals surface area contributed by atoms with E-state index in [4.69, 9.17) is 0 Å². The van der Waals surface area contributed by atoms with E-state index in [1.807, 2.05) is 0 Å². The van der Waals surface area contributed by atoms with Crippen molar-refractivity contribution in [1.29, 1.82) is 0 Å². The molecule has 0 bridgehead atoms. The molecule has 1 aromatic heterocycles. The van der Waals surface area contributed by atoms with Gasteiger partial charge in [-0.1, -0.05) is 29.5 Å². The summed E-state index contributed by atoms with van der Waals surface area (Å²) in [5, 5.41) is 0. The van der Waals surface area contributed by atoms with Gasteiger partial charge in [0.15, 0.2) is 6.54 Å². The molecule has 0 fully saturated rings. The van der Waals surface area contributed by atoms with Crippen molar-refractivity contribution in [3.63, 3.8) is 0 Å². The molecule has 0 aliphatic carbocycles. The maximum Gasteiger partial charge on any atom is 0.226 e. The third-order valence-corrected chi connectivity index (χ3v) is 2.98. The van der Waals surface area contributed by atoms with Crippen LogP contribution in [0.2, 0.25) is 0 Å². The minimum atomic E-state index is 0.973. The van der Waals surface area contributed by atoms with Crippen LogP contribution in [0.1, 0.15) is 6.92 Å². The van der Waals surface area contributed by atoms with E-state index >= 15 is 0 Å². The van der Waals surface area contributed by atoms with Gasteiger partial charge in [0.05, 0.1) is 0 Å². The summed E-state index contributed by atoms with van der Waals surface area (Å²) >= 11 is 1.79. The zero-order chi connectivity index (χ0) is 9.10. The van der Waals surface area contributed by atoms with E-state index < -0.39 is 0 Å². The number of rotatable bonds is 2. The molecule has 0 spiro atoms. The molecule has 66 valence electrons. The van der Waals surface area contributed by atoms with Crippen LogP contribution in [0, 0.1) is 0 Å². The molecule has 0 atom stereocenters. The van der Waals surface area contributed by atoms with Gasteiger partial charge in [0.2, 0.25) is 11.0 Å². The minimum Gasteiger partial charge on any atom is -0.185 e. The van der Waals surface area contributed by atoms with E-state index in [1.54, 1.807) is 11.3 Å². The lowest BCUT2D eigenvalue weighted by Crippen LogP contribution is -2.29. The van der Waals surface area contributed by atoms with Crippen molar-refractivity contribution in [1.82, 2.24) is 0 Å². The summed E-state index contributed by atoms with van der Waals surface area (Å²) in [6, 6.07) is 8.49. The van der Waals surface area contributed by atoms with Crippen molar-refractivity contribution in [3.8, 4) is 0 Å². The first-order valence-electron chi connectivity index (χ1n) is 4.38. The number of allylic oxidation sites excluding steroid dienone is 2. The second-order valence-corrected chi connectivity index (χ2v) is 3.80. The fraction of sp³-hybridized carbons (Fsp3) is 0.182. The van der Waals surface area contributed by atoms with Crippen LogP contribution < -0.4 is 4.57 Å². The lowest BCUT2D eigenvalue weighted by Gasteiger charge is -1.87. The summed E-state index contributed by atoms with van der Waals surface area (Å²) in [6.45, 7) is 3.02. The van der Waals surface area contributed by atoms with Crippen LogP contribution >= 0.6 is 11.3 Å². The predicted molar refractivity (Wildman–Crippen MR) is 56.8 cm³/mol. The fourth-order valence-corrected chi connectivity index (χ4v) is 2.24. The van der Waals surface area contributed by atoms with Crippen LogP contribution in [-0.2, 0) is 6.54 Å². The Morgan fingerprint density at radius 1 is 1.38 bits per heavy atom. The normalized spacial score (nSPS) is 11.5. The first-order chi connectivity index (χ1) is 6.42. The van der Waals surface area contributed by atoms with Crippen LogP contribution in [-0.4, -0.2) is 0 Å². The number of nitrogens with zero attached hydrogens (tertiary/aromatic N) is 1. The number of aromatic nitrogens is 1. The Morgan fingerprint density at radius 2 is 2.23 bits per heavy atom. The van der Waals surface area contributed by atoms with Crippen LogP contribution in [0.5, 0.6) is 0 Å². The summed E-state index contributed by atoms with van der Waals surface area (Å²) in [5.41, 5.74) is 3.50. The second kappa shape index (κ2) is 3.71. The highest BCUT2D eigenvalue weighted by atomic mass is 32.1. The quantitative estimate of drug-likeness (QED) is 0.506. The lowest BCUT2D eigenvalue weighted by molar-refractivity contribution is -0.656. The van der Waals surface area contributed by atoms with Crippen molar-refractivity contribution in [2.45, 2.75) is 13.5 Å². The lowest BCUT2D eigenvalue weighted by atomic mass is 10.3. The number of para-hydroxylation sites is 1. The highest BCUT2D eigenvalue weighted by Crippen LogP contribution is 2.14. The first kappa shape index (κ1) is 8.45. The van der Waals surface area contributed by atoms with Gasteiger partial charge in [-0.15, -0.1) is 0 Å². The molecule has 0 unspecified atom stereocenters. The third kappa shape index (κ3) is 1.63. The molecule has 0 aliphatic heterocycles. The topological polar surface area (TPSA) is 3.88 Å². The van der Waals surface area contributed by atoms with E-state index in [0.717, 1.165) is 6.54 Å². The zero-order valence-corrected chi connectivity index (χ0v) is 8.42. The Kier molecular flexibility index (Phi) is 2.41. The Labute approximate surface area is 82.0 Å². The Hall–Kier alpha value is -1.15. The van der Waals surface area contributed by atoms with E-state index in [0.29, 0.717) is 0 Å². The smallest absolute Gasteiger partial charge is 0.185 e. The van der Waals surface area contributed by atoms with Crippen molar-refractivity contribution in [3.05, 3.63) is 41.9 Å². The number of hydrogen-bond acceptors (Lipinski definition) is 1. The molecule has 0 N–H and O–H groups in total. The van der Waals surface area contributed by atoms with Crippen molar-refractivity contribution >= 4 is 21.6 Å². The number of thiazole rings is 1. The fourth-order valence-electron chi connectivity index (χ4n) is 1.33. The highest BCUT2D eigenvalue weighted by Gasteiger charge is 2.07. The second-order valence-electron chi connectivity index (χ2n) is 2.91. The highest BCUT2D eigenvalue weighted by molar-refractivity contribution is 7.16. The molecule has 2 aromatic rings. The van der Waals surface area contributed by atoms with Gasteiger partial charge in [-0.05, 0) is 19.1 Å². The predicted octanol–water partition coefficient (Wildman–Crippen LogP) is 2.76. The molecule has 2 heteroatoms. The molecule has 0 aliphatic rings. The van der Waals surface area contributed by atoms with Gasteiger partial charge in [-0.2, -0.15) is 4.57 Å². The molecule has 0 saturated heterocycles. The summed E-state index contributed by atoms with van der Waals surface area (Å²) < 4.78 is 3.62. The summed E-state index contributed by atoms with van der Waals surface area (Å²) in [4.78, 5) is 0. The van der Waals surface area contributed by atoms with Gasteiger partial charge >= 0.3 is 0 Å². The SMILES string of the molecule is CC=CC[n+]1csc2ccccc21. The zero-order valence-electron chi connectivity index (χ0n) is 7.60. The van der Waals surface area contributed by atoms with E-state index in [1.165, 1.54) is 10.2 Å². The minimum absolute atomic E-state index is 0.973. The molecule has 1 nitrogen and oxygen atoms in total. The van der Waals surface area contributed by atoms with E-state index in [-0.39, 0.29) is 0 Å². The molecule has 2 rings (SSSR count). The van der Waals surface area contributed by atoms with Crippen molar-refractivity contribution in [2.24, 2.45) is 0 Å². The van der Waals surface area contributed by atoms with Crippen molar-refractivity contribution in [2.75, 3.05) is 0 Å². The van der Waals surface area contributed by atoms with Crippen LogP contribution in [0.4, 0.5) is 0 Å². The third-order valence-electron chi connectivity index (χ3n) is 2.02. The standard InChI is InChI=1S/C11H12NS/c1-2-3-8-12-9-13-11-7-5-4-6-10(11)12/h2-7,9H,8H2,1H3/q+1. The number of benzene rings is 1. The van der Waals surface area contributed by atoms with Gasteiger partial charge < -0.3 is 0 Å². The maximum atomic E-state index is 2.26. The van der Waals surface area contributed by atoms with E-state index in [9.17, 15) is 0 Å². The monoisotopic (exact) mass is 190 g/mol. The van der Waals surface area contributed by atoms with Crippen LogP contribution in [0.3, 0.4) is 0 Å². The average Bonchev–Trinajstić information content (AvgIpc) is 2.58. The van der Waals surface area contributed by atoms with Gasteiger partial charge in [0, 0.05) is 6.07 Å². The summed E-state index contributed by atoms with van der Waals surface area (Å²) in [7, 11) is 0. The molecule has 0 amide bonds. The van der Waals surface area contributed by atoms with E-state index in [2.05, 4.69) is 53.4 Å². The summed E-state index contributed by atoms with van der Waals surface area (Å²) in [6.07, 6.45) is 4.25. The first-order valence-corrected chi connectivity index (χ1v) is 5.26. The largest absolute Gasteiger partial charge is 0.226 e. The Bertz CT molecular complexity index is 428. The Balaban J connectivity index is 2.45. The molecule has 13 heavy (non-hydrogen) atoms. The molecule has 1 heterocycles. The molecule has 0 saturated carbocycles. The molecule has 1 aromatic carbocycles. The van der Waals surface area contributed by atoms with Gasteiger partial charge in [-0.25, -0.2) is 0 Å².